The van der Waals surface area contributed by atoms with Crippen LogP contribution in [0.4, 0.5) is 5.95 Å². The molecule has 122 valence electrons. The second-order valence-corrected chi connectivity index (χ2v) is 5.40. The molecule has 0 saturated heterocycles. The molecule has 0 aliphatic rings. The number of imidazole rings is 2. The van der Waals surface area contributed by atoms with Crippen LogP contribution in [0, 0.1) is 0 Å². The van der Waals surface area contributed by atoms with E-state index in [0.29, 0.717) is 22.6 Å². The molecular weight excluding hydrogens is 314 g/mol. The van der Waals surface area contributed by atoms with E-state index in [-0.39, 0.29) is 11.6 Å². The van der Waals surface area contributed by atoms with E-state index in [4.69, 9.17) is 5.73 Å². The van der Waals surface area contributed by atoms with Gasteiger partial charge in [0.25, 0.3) is 5.56 Å². The molecule has 0 bridgehead atoms. The fourth-order valence-electron chi connectivity index (χ4n) is 2.69. The first kappa shape index (κ1) is 14.1. The number of nitrogen functional groups attached to an aromatic ring is 1. The van der Waals surface area contributed by atoms with E-state index in [9.17, 15) is 9.59 Å². The molecule has 0 aliphatic carbocycles. The molecule has 0 amide bonds. The van der Waals surface area contributed by atoms with Crippen LogP contribution in [-0.2, 0) is 21.1 Å². The molecule has 4 heterocycles. The Bertz CT molecular complexity index is 1240. The smallest absolute Gasteiger partial charge is 0.332 e. The van der Waals surface area contributed by atoms with Crippen molar-refractivity contribution in [3.05, 3.63) is 33.4 Å². The second kappa shape index (κ2) is 4.50. The van der Waals surface area contributed by atoms with Gasteiger partial charge in [0.05, 0.1) is 6.20 Å². The minimum absolute atomic E-state index is 0.103. The number of fused-ring (bicyclic) bond motifs is 2. The van der Waals surface area contributed by atoms with E-state index < -0.39 is 11.2 Å². The summed E-state index contributed by atoms with van der Waals surface area (Å²) in [5, 5.41) is 0. The Hall–Kier alpha value is -3.50. The Balaban J connectivity index is 2.15. The zero-order chi connectivity index (χ0) is 17.2. The van der Waals surface area contributed by atoms with Crippen molar-refractivity contribution in [2.75, 3.05) is 5.73 Å². The number of nitrogens with zero attached hydrogens (tertiary/aromatic N) is 8. The number of aryl methyl sites for hydroxylation is 2. The van der Waals surface area contributed by atoms with Gasteiger partial charge in [0, 0.05) is 21.1 Å². The zero-order valence-corrected chi connectivity index (χ0v) is 13.1. The largest absolute Gasteiger partial charge is 0.368 e. The highest BCUT2D eigenvalue weighted by molar-refractivity contribution is 5.76. The van der Waals surface area contributed by atoms with E-state index in [1.807, 2.05) is 0 Å². The summed E-state index contributed by atoms with van der Waals surface area (Å²) in [4.78, 5) is 41.2. The van der Waals surface area contributed by atoms with Crippen LogP contribution in [0.5, 0.6) is 0 Å². The molecule has 4 aromatic rings. The van der Waals surface area contributed by atoms with Crippen molar-refractivity contribution in [1.82, 2.24) is 38.2 Å². The predicted molar refractivity (Wildman–Crippen MR) is 85.8 cm³/mol. The molecule has 0 unspecified atom stereocenters. The Morgan fingerprint density at radius 2 is 1.71 bits per heavy atom. The second-order valence-electron chi connectivity index (χ2n) is 5.40. The molecule has 11 nitrogen and oxygen atoms in total. The molecule has 0 aliphatic heterocycles. The van der Waals surface area contributed by atoms with Gasteiger partial charge in [-0.15, -0.1) is 0 Å². The highest BCUT2D eigenvalue weighted by atomic mass is 16.2. The van der Waals surface area contributed by atoms with Crippen molar-refractivity contribution >= 4 is 28.3 Å². The maximum Gasteiger partial charge on any atom is 0.332 e. The van der Waals surface area contributed by atoms with Crippen LogP contribution in [0.25, 0.3) is 28.3 Å². The lowest BCUT2D eigenvalue weighted by molar-refractivity contribution is 0.705. The summed E-state index contributed by atoms with van der Waals surface area (Å²) in [6.07, 6.45) is 3.02. The Morgan fingerprint density at radius 1 is 0.958 bits per heavy atom. The average molecular weight is 327 g/mol. The summed E-state index contributed by atoms with van der Waals surface area (Å²) >= 11 is 0. The number of nitrogens with two attached hydrogens (primary N) is 1. The summed E-state index contributed by atoms with van der Waals surface area (Å²) in [6, 6.07) is 0. The number of anilines is 1. The van der Waals surface area contributed by atoms with E-state index in [2.05, 4.69) is 19.9 Å². The quantitative estimate of drug-likeness (QED) is 0.458. The summed E-state index contributed by atoms with van der Waals surface area (Å²) < 4.78 is 5.55. The highest BCUT2D eigenvalue weighted by Crippen LogP contribution is 2.18. The molecule has 2 N–H and O–H groups in total. The molecule has 0 saturated carbocycles. The summed E-state index contributed by atoms with van der Waals surface area (Å²) in [7, 11) is 4.68. The number of hydrogen-bond donors (Lipinski definition) is 1. The molecular formula is C13H13N9O2. The van der Waals surface area contributed by atoms with Gasteiger partial charge >= 0.3 is 5.69 Å². The van der Waals surface area contributed by atoms with Crippen LogP contribution in [0.15, 0.2) is 22.1 Å². The Labute approximate surface area is 133 Å². The van der Waals surface area contributed by atoms with Gasteiger partial charge in [0.15, 0.2) is 16.8 Å². The van der Waals surface area contributed by atoms with E-state index in [0.717, 1.165) is 4.57 Å². The van der Waals surface area contributed by atoms with Crippen molar-refractivity contribution in [2.45, 2.75) is 0 Å². The maximum atomic E-state index is 12.4. The topological polar surface area (TPSA) is 131 Å². The number of hydrogen-bond acceptors (Lipinski definition) is 7. The van der Waals surface area contributed by atoms with Crippen molar-refractivity contribution in [2.24, 2.45) is 21.1 Å². The monoisotopic (exact) mass is 327 g/mol. The zero-order valence-electron chi connectivity index (χ0n) is 13.1. The lowest BCUT2D eigenvalue weighted by atomic mass is 10.5. The molecule has 11 heteroatoms. The lowest BCUT2D eigenvalue weighted by Gasteiger charge is -2.04. The van der Waals surface area contributed by atoms with Gasteiger partial charge in [-0.05, 0) is 0 Å². The number of rotatable bonds is 1. The van der Waals surface area contributed by atoms with Crippen molar-refractivity contribution in [3.63, 3.8) is 0 Å². The van der Waals surface area contributed by atoms with Crippen LogP contribution in [0.3, 0.4) is 0 Å². The third-order valence-corrected chi connectivity index (χ3v) is 3.98. The molecule has 0 fully saturated rings. The molecule has 0 atom stereocenters. The van der Waals surface area contributed by atoms with Crippen molar-refractivity contribution in [1.29, 1.82) is 0 Å². The first-order valence-corrected chi connectivity index (χ1v) is 6.98. The van der Waals surface area contributed by atoms with Gasteiger partial charge in [0.1, 0.15) is 11.8 Å². The van der Waals surface area contributed by atoms with Gasteiger partial charge in [0.2, 0.25) is 11.9 Å². The number of aromatic nitrogens is 8. The normalized spacial score (nSPS) is 11.6. The van der Waals surface area contributed by atoms with Crippen LogP contribution < -0.4 is 17.0 Å². The van der Waals surface area contributed by atoms with E-state index in [1.54, 1.807) is 23.2 Å². The molecule has 4 rings (SSSR count). The Kier molecular flexibility index (Phi) is 2.65. The van der Waals surface area contributed by atoms with Crippen molar-refractivity contribution in [3.8, 4) is 5.95 Å². The van der Waals surface area contributed by atoms with Crippen LogP contribution in [-0.4, -0.2) is 38.2 Å². The summed E-state index contributed by atoms with van der Waals surface area (Å²) in [6.45, 7) is 0. The molecule has 0 spiro atoms. The lowest BCUT2D eigenvalue weighted by Crippen LogP contribution is -2.37. The Morgan fingerprint density at radius 3 is 2.46 bits per heavy atom. The van der Waals surface area contributed by atoms with Crippen LogP contribution >= 0.6 is 0 Å². The fraction of sp³-hybridized carbons (Fsp3) is 0.231. The van der Waals surface area contributed by atoms with Gasteiger partial charge in [-0.2, -0.15) is 9.97 Å². The molecule has 0 aromatic carbocycles. The van der Waals surface area contributed by atoms with Crippen LogP contribution in [0.2, 0.25) is 0 Å². The van der Waals surface area contributed by atoms with Crippen molar-refractivity contribution < 1.29 is 0 Å². The molecule has 24 heavy (non-hydrogen) atoms. The van der Waals surface area contributed by atoms with Gasteiger partial charge in [-0.3, -0.25) is 18.5 Å². The first-order chi connectivity index (χ1) is 11.4. The maximum absolute atomic E-state index is 12.4. The standard InChI is InChI=1S/C13H13N9O2/c1-19-7-9(20(2)13(24)21(3)10(7)23)18-12(19)22-5-16-6-4-15-11(14)17-8(6)22/h4-5H,1-3H3,(H2,14,15,17). The minimum Gasteiger partial charge on any atom is -0.368 e. The molecule has 4 aromatic heterocycles. The third-order valence-electron chi connectivity index (χ3n) is 3.98. The SMILES string of the molecule is Cn1c(=O)c2c(nc(-n3cnc4cnc(N)nc43)n2C)n(C)c1=O. The summed E-state index contributed by atoms with van der Waals surface area (Å²) in [5.41, 5.74) is 6.36. The fourth-order valence-corrected chi connectivity index (χ4v) is 2.69. The highest BCUT2D eigenvalue weighted by Gasteiger charge is 2.19. The summed E-state index contributed by atoms with van der Waals surface area (Å²) in [5.74, 6) is 0.496. The third kappa shape index (κ3) is 1.66. The van der Waals surface area contributed by atoms with Gasteiger partial charge in [-0.25, -0.2) is 14.8 Å². The molecule has 0 radical (unpaired) electrons. The van der Waals surface area contributed by atoms with E-state index in [1.165, 1.54) is 24.1 Å². The van der Waals surface area contributed by atoms with Gasteiger partial charge < -0.3 is 10.3 Å². The van der Waals surface area contributed by atoms with E-state index >= 15 is 0 Å². The minimum atomic E-state index is -0.445. The van der Waals surface area contributed by atoms with Gasteiger partial charge in [-0.1, -0.05) is 0 Å². The van der Waals surface area contributed by atoms with Crippen LogP contribution in [0.1, 0.15) is 0 Å². The first-order valence-electron chi connectivity index (χ1n) is 6.98. The predicted octanol–water partition coefficient (Wildman–Crippen LogP) is -1.32. The average Bonchev–Trinajstić information content (AvgIpc) is 3.11.